The Morgan fingerprint density at radius 2 is 1.71 bits per heavy atom. The van der Waals surface area contributed by atoms with Gasteiger partial charge in [0.15, 0.2) is 0 Å². The van der Waals surface area contributed by atoms with Crippen molar-refractivity contribution in [2.24, 2.45) is 0 Å². The van der Waals surface area contributed by atoms with Crippen molar-refractivity contribution >= 4 is 28.4 Å². The molecule has 0 fully saturated rings. The van der Waals surface area contributed by atoms with E-state index in [0.29, 0.717) is 38.0 Å². The summed E-state index contributed by atoms with van der Waals surface area (Å²) in [4.78, 5) is 40.9. The molecule has 2 heterocycles. The van der Waals surface area contributed by atoms with Gasteiger partial charge in [-0.3, -0.25) is 9.59 Å². The molecule has 0 radical (unpaired) electrons. The van der Waals surface area contributed by atoms with Crippen molar-refractivity contribution in [1.29, 1.82) is 0 Å². The molecular formula is C36H41N7O2. The molecule has 0 saturated carbocycles. The Labute approximate surface area is 264 Å². The number of fused-ring (bicyclic) bond motifs is 1. The normalized spacial score (nSPS) is 12.4. The van der Waals surface area contributed by atoms with E-state index in [-0.39, 0.29) is 17.9 Å². The number of amides is 2. The smallest absolute Gasteiger partial charge is 0.251 e. The molecule has 0 spiro atoms. The number of pyridine rings is 1. The number of hydrogen-bond acceptors (Lipinski definition) is 6. The summed E-state index contributed by atoms with van der Waals surface area (Å²) in [7, 11) is 1.99. The largest absolute Gasteiger partial charge is 0.360 e. The van der Waals surface area contributed by atoms with E-state index >= 15 is 0 Å². The molecular weight excluding hydrogens is 562 g/mol. The summed E-state index contributed by atoms with van der Waals surface area (Å²) >= 11 is 0. The number of rotatable bonds is 14. The predicted molar refractivity (Wildman–Crippen MR) is 179 cm³/mol. The van der Waals surface area contributed by atoms with Crippen molar-refractivity contribution in [3.8, 4) is 0 Å². The third-order valence-electron chi connectivity index (χ3n) is 7.94. The maximum atomic E-state index is 13.7. The fourth-order valence-electron chi connectivity index (χ4n) is 5.36. The molecule has 232 valence electrons. The van der Waals surface area contributed by atoms with Crippen LogP contribution in [-0.2, 0) is 17.9 Å². The van der Waals surface area contributed by atoms with E-state index < -0.39 is 6.04 Å². The van der Waals surface area contributed by atoms with Crippen molar-refractivity contribution in [2.45, 2.75) is 51.9 Å². The van der Waals surface area contributed by atoms with Gasteiger partial charge >= 0.3 is 0 Å². The highest BCUT2D eigenvalue weighted by molar-refractivity contribution is 5.97. The van der Waals surface area contributed by atoms with Crippen LogP contribution in [0.25, 0.3) is 10.8 Å². The van der Waals surface area contributed by atoms with Gasteiger partial charge in [-0.25, -0.2) is 9.97 Å². The molecule has 3 aromatic carbocycles. The van der Waals surface area contributed by atoms with Gasteiger partial charge in [0.1, 0.15) is 17.7 Å². The Balaban J connectivity index is 1.24. The van der Waals surface area contributed by atoms with E-state index in [1.807, 2.05) is 75.6 Å². The number of H-pyrrole nitrogens is 1. The van der Waals surface area contributed by atoms with Gasteiger partial charge in [0.2, 0.25) is 5.91 Å². The molecule has 9 heteroatoms. The molecule has 45 heavy (non-hydrogen) atoms. The Morgan fingerprint density at radius 1 is 0.911 bits per heavy atom. The maximum absolute atomic E-state index is 13.7. The Morgan fingerprint density at radius 3 is 2.47 bits per heavy atom. The lowest BCUT2D eigenvalue weighted by molar-refractivity contribution is -0.123. The number of nitrogens with zero attached hydrogens (tertiary/aromatic N) is 3. The minimum absolute atomic E-state index is 0.210. The number of benzene rings is 3. The molecule has 2 atom stereocenters. The average molecular weight is 604 g/mol. The average Bonchev–Trinajstić information content (AvgIpc) is 3.58. The minimum Gasteiger partial charge on any atom is -0.360 e. The fourth-order valence-corrected chi connectivity index (χ4v) is 5.36. The highest BCUT2D eigenvalue weighted by atomic mass is 16.2. The monoisotopic (exact) mass is 603 g/mol. The highest BCUT2D eigenvalue weighted by Crippen LogP contribution is 2.24. The van der Waals surface area contributed by atoms with Gasteiger partial charge in [0.25, 0.3) is 5.91 Å². The molecule has 0 unspecified atom stereocenters. The first-order valence-corrected chi connectivity index (χ1v) is 15.4. The van der Waals surface area contributed by atoms with E-state index in [9.17, 15) is 9.59 Å². The molecule has 9 nitrogen and oxygen atoms in total. The Kier molecular flexibility index (Phi) is 10.6. The van der Waals surface area contributed by atoms with Crippen molar-refractivity contribution in [3.63, 3.8) is 0 Å². The van der Waals surface area contributed by atoms with Gasteiger partial charge in [0, 0.05) is 44.3 Å². The van der Waals surface area contributed by atoms with E-state index in [1.54, 1.807) is 24.5 Å². The first-order chi connectivity index (χ1) is 21.9. The molecule has 0 aliphatic rings. The third kappa shape index (κ3) is 8.55. The molecule has 0 saturated heterocycles. The van der Waals surface area contributed by atoms with Gasteiger partial charge in [0.05, 0.1) is 12.6 Å². The number of imidazole rings is 1. The number of nitrogens with one attached hydrogen (secondary N) is 4. The topological polar surface area (TPSA) is 115 Å². The second-order valence-corrected chi connectivity index (χ2v) is 11.4. The second-order valence-electron chi connectivity index (χ2n) is 11.4. The van der Waals surface area contributed by atoms with Gasteiger partial charge in [-0.2, -0.15) is 0 Å². The summed E-state index contributed by atoms with van der Waals surface area (Å²) in [5.74, 6) is 1.25. The van der Waals surface area contributed by atoms with Crippen LogP contribution in [-0.4, -0.2) is 46.4 Å². The summed E-state index contributed by atoms with van der Waals surface area (Å²) in [5, 5.41) is 11.7. The molecule has 2 amide bonds. The van der Waals surface area contributed by atoms with Gasteiger partial charge < -0.3 is 25.8 Å². The molecule has 2 aromatic heterocycles. The maximum Gasteiger partial charge on any atom is 0.251 e. The second kappa shape index (κ2) is 15.1. The van der Waals surface area contributed by atoms with Gasteiger partial charge in [-0.05, 0) is 72.4 Å². The van der Waals surface area contributed by atoms with Crippen LogP contribution in [0.1, 0.15) is 58.7 Å². The molecule has 0 bridgehead atoms. The quantitative estimate of drug-likeness (QED) is 0.134. The standard InChI is InChI=1S/C36H41N7O2/c1-25-13-18-34(40-22-25)43(3)21-7-12-32(36(45)41-26(2)30-11-6-9-28-8-4-5-10-31(28)30)42-35(44)29-16-14-27(15-17-29)23-37-24-33-38-19-20-39-33/h4-6,8-11,13-20,22,26,32,37H,7,12,21,23-24H2,1-3H3,(H,38,39)(H,41,45)(H,42,44)/t26-,32-/m0/s1. The van der Waals surface area contributed by atoms with Crippen LogP contribution in [0.15, 0.2) is 97.5 Å². The highest BCUT2D eigenvalue weighted by Gasteiger charge is 2.24. The molecule has 5 aromatic rings. The summed E-state index contributed by atoms with van der Waals surface area (Å²) in [6.07, 6.45) is 6.53. The number of hydrogen-bond donors (Lipinski definition) is 4. The zero-order valence-corrected chi connectivity index (χ0v) is 26.1. The Bertz CT molecular complexity index is 1680. The number of aromatic nitrogens is 3. The van der Waals surface area contributed by atoms with Gasteiger partial charge in [-0.1, -0.05) is 60.7 Å². The SMILES string of the molecule is Cc1ccc(N(C)CCC[C@H](NC(=O)c2ccc(CNCc3ncc[nH]3)cc2)C(=O)N[C@@H](C)c2cccc3ccccc23)nc1. The zero-order chi connectivity index (χ0) is 31.6. The van der Waals surface area contributed by atoms with Crippen LogP contribution >= 0.6 is 0 Å². The van der Waals surface area contributed by atoms with Crippen LogP contribution < -0.4 is 20.9 Å². The lowest BCUT2D eigenvalue weighted by Gasteiger charge is -2.24. The molecule has 0 aliphatic carbocycles. The van der Waals surface area contributed by atoms with Crippen LogP contribution in [0.3, 0.4) is 0 Å². The number of anilines is 1. The number of carbonyl (C=O) groups is 2. The number of aryl methyl sites for hydroxylation is 1. The lowest BCUT2D eigenvalue weighted by atomic mass is 9.99. The predicted octanol–water partition coefficient (Wildman–Crippen LogP) is 5.45. The van der Waals surface area contributed by atoms with Crippen molar-refractivity contribution < 1.29 is 9.59 Å². The minimum atomic E-state index is -0.705. The van der Waals surface area contributed by atoms with Crippen LogP contribution in [0.4, 0.5) is 5.82 Å². The molecule has 4 N–H and O–H groups in total. The van der Waals surface area contributed by atoms with Crippen LogP contribution in [0, 0.1) is 6.92 Å². The number of carbonyl (C=O) groups excluding carboxylic acids is 2. The first kappa shape index (κ1) is 31.4. The Hall–Kier alpha value is -5.02. The third-order valence-corrected chi connectivity index (χ3v) is 7.94. The van der Waals surface area contributed by atoms with E-state index in [0.717, 1.165) is 39.1 Å². The van der Waals surface area contributed by atoms with E-state index in [2.05, 4.69) is 54.0 Å². The van der Waals surface area contributed by atoms with Crippen LogP contribution in [0.5, 0.6) is 0 Å². The number of aromatic amines is 1. The summed E-state index contributed by atoms with van der Waals surface area (Å²) < 4.78 is 0. The van der Waals surface area contributed by atoms with Crippen LogP contribution in [0.2, 0.25) is 0 Å². The first-order valence-electron chi connectivity index (χ1n) is 15.4. The summed E-state index contributed by atoms with van der Waals surface area (Å²) in [5.41, 5.74) is 3.69. The van der Waals surface area contributed by atoms with Crippen molar-refractivity contribution in [3.05, 3.63) is 126 Å². The fraction of sp³-hybridized carbons (Fsp3) is 0.278. The zero-order valence-electron chi connectivity index (χ0n) is 26.1. The summed E-state index contributed by atoms with van der Waals surface area (Å²) in [6.45, 7) is 5.94. The summed E-state index contributed by atoms with van der Waals surface area (Å²) in [6, 6.07) is 24.8. The van der Waals surface area contributed by atoms with Crippen molar-refractivity contribution in [2.75, 3.05) is 18.5 Å². The lowest BCUT2D eigenvalue weighted by Crippen LogP contribution is -2.47. The van der Waals surface area contributed by atoms with E-state index in [1.165, 1.54) is 0 Å². The molecule has 5 rings (SSSR count). The van der Waals surface area contributed by atoms with Crippen molar-refractivity contribution in [1.82, 2.24) is 30.9 Å². The molecule has 0 aliphatic heterocycles. The van der Waals surface area contributed by atoms with E-state index in [4.69, 9.17) is 0 Å². The van der Waals surface area contributed by atoms with Gasteiger partial charge in [-0.15, -0.1) is 0 Å².